The van der Waals surface area contributed by atoms with E-state index in [0.717, 1.165) is 37.3 Å². The molecule has 1 saturated carbocycles. The second kappa shape index (κ2) is 7.14. The van der Waals surface area contributed by atoms with Gasteiger partial charge in [-0.1, -0.05) is 0 Å². The lowest BCUT2D eigenvalue weighted by molar-refractivity contribution is 0.0704. The fraction of sp³-hybridized carbons (Fsp3) is 0.579. The summed E-state index contributed by atoms with van der Waals surface area (Å²) in [5.41, 5.74) is 2.17. The molecule has 2 aliphatic heterocycles. The molecular weight excluding hydrogens is 360 g/mol. The van der Waals surface area contributed by atoms with Crippen molar-refractivity contribution in [2.24, 2.45) is 5.92 Å². The number of amides is 1. The fourth-order valence-electron chi connectivity index (χ4n) is 3.80. The molecule has 1 saturated heterocycles. The van der Waals surface area contributed by atoms with Crippen LogP contribution in [0.25, 0.3) is 0 Å². The number of morpholine rings is 1. The highest BCUT2D eigenvalue weighted by Gasteiger charge is 2.33. The minimum absolute atomic E-state index is 0.0785. The third-order valence-corrected chi connectivity index (χ3v) is 5.65. The standard InChI is InChI=1S/C19H24N6O3/c26-17(13-1-2-13)16-9-15-12-24(3-4-25(15)22-16)18(27)14-10-20-19(21-11-14)23-5-7-28-8-6-23/h9-11,13,17,26H,1-8,12H2/t17-/m0/s1. The van der Waals surface area contributed by atoms with Crippen molar-refractivity contribution < 1.29 is 14.6 Å². The van der Waals surface area contributed by atoms with Crippen LogP contribution in [-0.4, -0.2) is 68.5 Å². The maximum Gasteiger partial charge on any atom is 0.257 e. The second-order valence-corrected chi connectivity index (χ2v) is 7.66. The van der Waals surface area contributed by atoms with E-state index < -0.39 is 6.10 Å². The number of anilines is 1. The van der Waals surface area contributed by atoms with E-state index in [-0.39, 0.29) is 5.91 Å². The highest BCUT2D eigenvalue weighted by Crippen LogP contribution is 2.40. The molecule has 4 heterocycles. The molecule has 3 aliphatic rings. The molecule has 148 valence electrons. The minimum atomic E-state index is -0.483. The van der Waals surface area contributed by atoms with E-state index in [2.05, 4.69) is 20.0 Å². The first kappa shape index (κ1) is 17.6. The first-order valence-electron chi connectivity index (χ1n) is 9.88. The molecule has 9 heteroatoms. The number of hydrogen-bond donors (Lipinski definition) is 1. The van der Waals surface area contributed by atoms with Crippen molar-refractivity contribution in [2.45, 2.75) is 32.0 Å². The Kier molecular flexibility index (Phi) is 4.48. The zero-order valence-electron chi connectivity index (χ0n) is 15.7. The topological polar surface area (TPSA) is 96.6 Å². The number of aromatic nitrogens is 4. The van der Waals surface area contributed by atoms with E-state index in [9.17, 15) is 9.90 Å². The van der Waals surface area contributed by atoms with Gasteiger partial charge >= 0.3 is 0 Å². The molecule has 1 N–H and O–H groups in total. The Morgan fingerprint density at radius 2 is 1.89 bits per heavy atom. The highest BCUT2D eigenvalue weighted by atomic mass is 16.5. The normalized spacial score (nSPS) is 20.8. The van der Waals surface area contributed by atoms with Crippen molar-refractivity contribution in [3.8, 4) is 0 Å². The number of rotatable bonds is 4. The monoisotopic (exact) mass is 384 g/mol. The largest absolute Gasteiger partial charge is 0.386 e. The molecule has 0 spiro atoms. The van der Waals surface area contributed by atoms with E-state index in [1.54, 1.807) is 17.3 Å². The van der Waals surface area contributed by atoms with Crippen LogP contribution in [-0.2, 0) is 17.8 Å². The lowest BCUT2D eigenvalue weighted by Gasteiger charge is -2.28. The molecule has 0 radical (unpaired) electrons. The quantitative estimate of drug-likeness (QED) is 0.825. The zero-order chi connectivity index (χ0) is 19.1. The Balaban J connectivity index is 1.27. The summed E-state index contributed by atoms with van der Waals surface area (Å²) in [4.78, 5) is 25.5. The molecule has 1 amide bonds. The van der Waals surface area contributed by atoms with Gasteiger partial charge < -0.3 is 19.6 Å². The van der Waals surface area contributed by atoms with Gasteiger partial charge in [-0.25, -0.2) is 9.97 Å². The third-order valence-electron chi connectivity index (χ3n) is 5.65. The van der Waals surface area contributed by atoms with Crippen LogP contribution in [0.3, 0.4) is 0 Å². The van der Waals surface area contributed by atoms with Crippen LogP contribution in [0.15, 0.2) is 18.5 Å². The second-order valence-electron chi connectivity index (χ2n) is 7.66. The maximum absolute atomic E-state index is 12.9. The van der Waals surface area contributed by atoms with E-state index in [4.69, 9.17) is 4.74 Å². The lowest BCUT2D eigenvalue weighted by Crippen LogP contribution is -2.39. The summed E-state index contributed by atoms with van der Waals surface area (Å²) < 4.78 is 7.25. The van der Waals surface area contributed by atoms with Crippen LogP contribution < -0.4 is 4.90 Å². The Morgan fingerprint density at radius 3 is 2.61 bits per heavy atom. The van der Waals surface area contributed by atoms with Crippen LogP contribution >= 0.6 is 0 Å². The Bertz CT molecular complexity index is 857. The summed E-state index contributed by atoms with van der Waals surface area (Å²) in [6, 6.07) is 1.93. The van der Waals surface area contributed by atoms with Gasteiger partial charge in [0.05, 0.1) is 43.3 Å². The molecule has 0 unspecified atom stereocenters. The number of nitrogens with zero attached hydrogens (tertiary/aromatic N) is 6. The van der Waals surface area contributed by atoms with Crippen molar-refractivity contribution in [3.63, 3.8) is 0 Å². The minimum Gasteiger partial charge on any atom is -0.386 e. The molecule has 1 aliphatic carbocycles. The summed E-state index contributed by atoms with van der Waals surface area (Å²) in [6.07, 6.45) is 4.86. The van der Waals surface area contributed by atoms with Crippen LogP contribution in [0.4, 0.5) is 5.95 Å². The summed E-state index contributed by atoms with van der Waals surface area (Å²) in [5, 5.41) is 14.8. The van der Waals surface area contributed by atoms with E-state index in [0.29, 0.717) is 50.3 Å². The molecule has 0 aromatic carbocycles. The molecule has 2 aromatic rings. The number of fused-ring (bicyclic) bond motifs is 1. The fourth-order valence-corrected chi connectivity index (χ4v) is 3.80. The molecule has 2 aromatic heterocycles. The van der Waals surface area contributed by atoms with E-state index >= 15 is 0 Å². The van der Waals surface area contributed by atoms with Crippen LogP contribution in [0.2, 0.25) is 0 Å². The van der Waals surface area contributed by atoms with Crippen molar-refractivity contribution in [1.82, 2.24) is 24.6 Å². The van der Waals surface area contributed by atoms with Crippen molar-refractivity contribution in [2.75, 3.05) is 37.7 Å². The van der Waals surface area contributed by atoms with E-state index in [1.807, 2.05) is 10.7 Å². The van der Waals surface area contributed by atoms with Gasteiger partial charge in [-0.15, -0.1) is 0 Å². The summed E-state index contributed by atoms with van der Waals surface area (Å²) >= 11 is 0. The average Bonchev–Trinajstić information content (AvgIpc) is 3.51. The van der Waals surface area contributed by atoms with Gasteiger partial charge in [-0.3, -0.25) is 9.48 Å². The van der Waals surface area contributed by atoms with Crippen LogP contribution in [0.5, 0.6) is 0 Å². The number of carbonyl (C=O) groups is 1. The van der Waals surface area contributed by atoms with Crippen LogP contribution in [0, 0.1) is 5.92 Å². The van der Waals surface area contributed by atoms with Gasteiger partial charge in [0.15, 0.2) is 0 Å². The number of aliphatic hydroxyl groups is 1. The van der Waals surface area contributed by atoms with Crippen molar-refractivity contribution in [3.05, 3.63) is 35.4 Å². The Morgan fingerprint density at radius 1 is 1.14 bits per heavy atom. The zero-order valence-corrected chi connectivity index (χ0v) is 15.7. The first-order chi connectivity index (χ1) is 13.7. The number of carbonyl (C=O) groups excluding carboxylic acids is 1. The van der Waals surface area contributed by atoms with Crippen molar-refractivity contribution in [1.29, 1.82) is 0 Å². The first-order valence-corrected chi connectivity index (χ1v) is 9.88. The summed E-state index contributed by atoms with van der Waals surface area (Å²) in [5.74, 6) is 0.900. The van der Waals surface area contributed by atoms with Gasteiger partial charge in [-0.2, -0.15) is 5.10 Å². The summed E-state index contributed by atoms with van der Waals surface area (Å²) in [7, 11) is 0. The van der Waals surface area contributed by atoms with E-state index in [1.165, 1.54) is 0 Å². The molecule has 9 nitrogen and oxygen atoms in total. The molecule has 0 bridgehead atoms. The van der Waals surface area contributed by atoms with Crippen molar-refractivity contribution >= 4 is 11.9 Å². The van der Waals surface area contributed by atoms with Crippen LogP contribution in [0.1, 0.15) is 40.7 Å². The predicted octanol–water partition coefficient (Wildman–Crippen LogP) is 0.609. The molecule has 1 atom stereocenters. The van der Waals surface area contributed by atoms with Gasteiger partial charge in [0, 0.05) is 32.0 Å². The Hall–Kier alpha value is -2.52. The molecule has 28 heavy (non-hydrogen) atoms. The van der Waals surface area contributed by atoms with Gasteiger partial charge in [0.2, 0.25) is 5.95 Å². The number of aliphatic hydroxyl groups excluding tert-OH is 1. The highest BCUT2D eigenvalue weighted by molar-refractivity contribution is 5.93. The summed E-state index contributed by atoms with van der Waals surface area (Å²) in [6.45, 7) is 4.56. The average molecular weight is 384 g/mol. The molecule has 2 fully saturated rings. The Labute approximate surface area is 162 Å². The number of hydrogen-bond acceptors (Lipinski definition) is 7. The molecular formula is C19H24N6O3. The number of ether oxygens (including phenoxy) is 1. The molecule has 5 rings (SSSR count). The lowest BCUT2D eigenvalue weighted by atomic mass is 10.1. The maximum atomic E-state index is 12.9. The van der Waals surface area contributed by atoms with Gasteiger partial charge in [0.1, 0.15) is 6.10 Å². The predicted molar refractivity (Wildman–Crippen MR) is 99.7 cm³/mol. The van der Waals surface area contributed by atoms with Gasteiger partial charge in [-0.05, 0) is 24.8 Å². The SMILES string of the molecule is O=C(c1cnc(N2CCOCC2)nc1)N1CCn2nc([C@@H](O)C3CC3)cc2C1. The smallest absolute Gasteiger partial charge is 0.257 e. The third kappa shape index (κ3) is 3.35. The van der Waals surface area contributed by atoms with Gasteiger partial charge in [0.25, 0.3) is 5.91 Å².